The van der Waals surface area contributed by atoms with Crippen LogP contribution in [0.1, 0.15) is 36.4 Å². The Kier molecular flexibility index (Phi) is 7.69. The average Bonchev–Trinajstić information content (AvgIpc) is 2.80. The number of carbonyl (C=O) groups excluding carboxylic acids is 1. The second-order valence-electron chi connectivity index (χ2n) is 4.13. The van der Waals surface area contributed by atoms with E-state index in [4.69, 9.17) is 9.47 Å². The Morgan fingerprint density at radius 2 is 1.83 bits per heavy atom. The molecule has 4 heteroatoms. The highest BCUT2D eigenvalue weighted by Gasteiger charge is 2.07. The lowest BCUT2D eigenvalue weighted by Crippen LogP contribution is -2.07. The van der Waals surface area contributed by atoms with Crippen LogP contribution < -0.4 is 0 Å². The average molecular weight is 270 g/mol. The zero-order valence-electron chi connectivity index (χ0n) is 11.2. The van der Waals surface area contributed by atoms with E-state index < -0.39 is 0 Å². The van der Waals surface area contributed by atoms with Crippen molar-refractivity contribution in [1.29, 1.82) is 0 Å². The summed E-state index contributed by atoms with van der Waals surface area (Å²) in [4.78, 5) is 13.8. The summed E-state index contributed by atoms with van der Waals surface area (Å²) in [5.41, 5.74) is 0. The third-order valence-electron chi connectivity index (χ3n) is 2.34. The molecule has 0 bridgehead atoms. The van der Waals surface area contributed by atoms with Crippen LogP contribution >= 0.6 is 11.3 Å². The summed E-state index contributed by atoms with van der Waals surface area (Å²) in [7, 11) is 0. The molecule has 1 heterocycles. The molecule has 0 N–H and O–H groups in total. The number of ether oxygens (including phenoxy) is 2. The Balaban J connectivity index is 2.27. The molecular formula is C14H22O3S. The summed E-state index contributed by atoms with van der Waals surface area (Å²) < 4.78 is 10.5. The third-order valence-corrected chi connectivity index (χ3v) is 3.49. The molecule has 0 unspecified atom stereocenters. The van der Waals surface area contributed by atoms with E-state index in [0.717, 1.165) is 37.4 Å². The minimum Gasteiger partial charge on any atom is -0.465 e. The maximum Gasteiger partial charge on any atom is 0.311 e. The standard InChI is InChI=1S/C14H22O3S/c1-3-8-16-10-7-12-5-6-13(18-12)11-14(15)17-9-4-2/h5-6H,3-4,7-11H2,1-2H3. The molecule has 0 aliphatic carbocycles. The van der Waals surface area contributed by atoms with Crippen LogP contribution in [0.3, 0.4) is 0 Å². The van der Waals surface area contributed by atoms with Gasteiger partial charge in [0.15, 0.2) is 0 Å². The monoisotopic (exact) mass is 270 g/mol. The molecule has 1 rings (SSSR count). The molecule has 0 aromatic carbocycles. The van der Waals surface area contributed by atoms with Crippen molar-refractivity contribution in [3.8, 4) is 0 Å². The minimum atomic E-state index is -0.132. The second kappa shape index (κ2) is 9.11. The third kappa shape index (κ3) is 6.17. The molecule has 102 valence electrons. The Labute approximate surface area is 113 Å². The Morgan fingerprint density at radius 3 is 2.56 bits per heavy atom. The van der Waals surface area contributed by atoms with E-state index >= 15 is 0 Å². The lowest BCUT2D eigenvalue weighted by molar-refractivity contribution is -0.142. The fourth-order valence-electron chi connectivity index (χ4n) is 1.48. The smallest absolute Gasteiger partial charge is 0.311 e. The maximum atomic E-state index is 11.4. The van der Waals surface area contributed by atoms with Gasteiger partial charge >= 0.3 is 5.97 Å². The highest BCUT2D eigenvalue weighted by molar-refractivity contribution is 7.12. The maximum absolute atomic E-state index is 11.4. The van der Waals surface area contributed by atoms with Crippen LogP contribution in [0.25, 0.3) is 0 Å². The summed E-state index contributed by atoms with van der Waals surface area (Å²) in [5.74, 6) is -0.132. The number of carbonyl (C=O) groups is 1. The lowest BCUT2D eigenvalue weighted by atomic mass is 10.3. The second-order valence-corrected chi connectivity index (χ2v) is 5.38. The summed E-state index contributed by atoms with van der Waals surface area (Å²) >= 11 is 1.67. The van der Waals surface area contributed by atoms with Crippen molar-refractivity contribution in [3.63, 3.8) is 0 Å². The van der Waals surface area contributed by atoms with Crippen molar-refractivity contribution >= 4 is 17.3 Å². The zero-order valence-corrected chi connectivity index (χ0v) is 12.1. The van der Waals surface area contributed by atoms with Crippen LogP contribution in [0.4, 0.5) is 0 Å². The van der Waals surface area contributed by atoms with Crippen molar-refractivity contribution in [2.75, 3.05) is 19.8 Å². The van der Waals surface area contributed by atoms with E-state index in [1.807, 2.05) is 13.0 Å². The molecule has 0 aliphatic heterocycles. The van der Waals surface area contributed by atoms with Gasteiger partial charge in [-0.2, -0.15) is 0 Å². The first-order valence-electron chi connectivity index (χ1n) is 6.57. The number of rotatable bonds is 9. The Bertz CT molecular complexity index is 347. The quantitative estimate of drug-likeness (QED) is 0.510. The topological polar surface area (TPSA) is 35.5 Å². The molecule has 0 radical (unpaired) electrons. The van der Waals surface area contributed by atoms with Gasteiger partial charge in [0, 0.05) is 22.8 Å². The molecule has 18 heavy (non-hydrogen) atoms. The van der Waals surface area contributed by atoms with Gasteiger partial charge in [-0.05, 0) is 25.0 Å². The highest BCUT2D eigenvalue weighted by Crippen LogP contribution is 2.18. The molecule has 0 aliphatic rings. The largest absolute Gasteiger partial charge is 0.465 e. The molecule has 3 nitrogen and oxygen atoms in total. The molecule has 0 amide bonds. The first kappa shape index (κ1) is 15.2. The summed E-state index contributed by atoms with van der Waals surface area (Å²) in [6, 6.07) is 4.08. The molecule has 1 aromatic heterocycles. The molecule has 1 aromatic rings. The van der Waals surface area contributed by atoms with E-state index in [-0.39, 0.29) is 5.97 Å². The van der Waals surface area contributed by atoms with Crippen molar-refractivity contribution < 1.29 is 14.3 Å². The van der Waals surface area contributed by atoms with E-state index in [2.05, 4.69) is 13.0 Å². The van der Waals surface area contributed by atoms with Gasteiger partial charge in [0.25, 0.3) is 0 Å². The van der Waals surface area contributed by atoms with Gasteiger partial charge in [-0.15, -0.1) is 11.3 Å². The summed E-state index contributed by atoms with van der Waals surface area (Å²) in [5, 5.41) is 0. The number of esters is 1. The molecule has 0 saturated carbocycles. The first-order valence-corrected chi connectivity index (χ1v) is 7.38. The minimum absolute atomic E-state index is 0.132. The van der Waals surface area contributed by atoms with E-state index in [0.29, 0.717) is 13.0 Å². The van der Waals surface area contributed by atoms with Crippen LogP contribution in [0, 0.1) is 0 Å². The molecule has 0 saturated heterocycles. The number of thiophene rings is 1. The predicted octanol–water partition coefficient (Wildman–Crippen LogP) is 3.21. The molecule has 0 spiro atoms. The molecule has 0 fully saturated rings. The lowest BCUT2D eigenvalue weighted by Gasteiger charge is -2.01. The van der Waals surface area contributed by atoms with Crippen LogP contribution in [0.15, 0.2) is 12.1 Å². The van der Waals surface area contributed by atoms with Crippen molar-refractivity contribution in [2.24, 2.45) is 0 Å². The summed E-state index contributed by atoms with van der Waals surface area (Å²) in [6.45, 7) is 6.19. The van der Waals surface area contributed by atoms with E-state index in [9.17, 15) is 4.79 Å². The molecule has 0 atom stereocenters. The van der Waals surface area contributed by atoms with Gasteiger partial charge in [0.1, 0.15) is 0 Å². The van der Waals surface area contributed by atoms with E-state index in [1.165, 1.54) is 4.88 Å². The Morgan fingerprint density at radius 1 is 1.11 bits per heavy atom. The number of hydrogen-bond acceptors (Lipinski definition) is 4. The van der Waals surface area contributed by atoms with Gasteiger partial charge in [0.2, 0.25) is 0 Å². The van der Waals surface area contributed by atoms with E-state index in [1.54, 1.807) is 11.3 Å². The fraction of sp³-hybridized carbons (Fsp3) is 0.643. The van der Waals surface area contributed by atoms with Crippen molar-refractivity contribution in [2.45, 2.75) is 39.5 Å². The van der Waals surface area contributed by atoms with Gasteiger partial charge in [-0.1, -0.05) is 13.8 Å². The van der Waals surface area contributed by atoms with Crippen LogP contribution in [0.2, 0.25) is 0 Å². The highest BCUT2D eigenvalue weighted by atomic mass is 32.1. The Hall–Kier alpha value is -0.870. The van der Waals surface area contributed by atoms with Crippen molar-refractivity contribution in [1.82, 2.24) is 0 Å². The van der Waals surface area contributed by atoms with Crippen LogP contribution in [-0.2, 0) is 27.1 Å². The van der Waals surface area contributed by atoms with Gasteiger partial charge in [0.05, 0.1) is 19.6 Å². The van der Waals surface area contributed by atoms with Gasteiger partial charge in [-0.3, -0.25) is 4.79 Å². The van der Waals surface area contributed by atoms with Crippen LogP contribution in [-0.4, -0.2) is 25.8 Å². The van der Waals surface area contributed by atoms with Crippen LogP contribution in [0.5, 0.6) is 0 Å². The van der Waals surface area contributed by atoms with Crippen molar-refractivity contribution in [3.05, 3.63) is 21.9 Å². The zero-order chi connectivity index (χ0) is 13.2. The SMILES string of the molecule is CCCOCCc1ccc(CC(=O)OCCC)s1. The first-order chi connectivity index (χ1) is 8.76. The van der Waals surface area contributed by atoms with Gasteiger partial charge < -0.3 is 9.47 Å². The van der Waals surface area contributed by atoms with Gasteiger partial charge in [-0.25, -0.2) is 0 Å². The molecular weight excluding hydrogens is 248 g/mol. The fourth-order valence-corrected chi connectivity index (χ4v) is 2.46. The number of hydrogen-bond donors (Lipinski definition) is 0. The summed E-state index contributed by atoms with van der Waals surface area (Å²) in [6.07, 6.45) is 3.24. The normalized spacial score (nSPS) is 10.6. The predicted molar refractivity (Wildman–Crippen MR) is 74.1 cm³/mol.